The Morgan fingerprint density at radius 1 is 1.07 bits per heavy atom. The van der Waals surface area contributed by atoms with Gasteiger partial charge in [-0.05, 0) is 12.3 Å². The van der Waals surface area contributed by atoms with Crippen LogP contribution in [0.1, 0.15) is 44.9 Å². The summed E-state index contributed by atoms with van der Waals surface area (Å²) in [5, 5.41) is 0. The van der Waals surface area contributed by atoms with Crippen molar-refractivity contribution in [1.82, 2.24) is 4.90 Å². The first-order valence-corrected chi connectivity index (χ1v) is 5.60. The third-order valence-electron chi connectivity index (χ3n) is 3.39. The first kappa shape index (κ1) is 9.69. The molecule has 0 atom stereocenters. The van der Waals surface area contributed by atoms with E-state index in [1.54, 1.807) is 0 Å². The number of carbonyl (C=O) groups is 2. The van der Waals surface area contributed by atoms with Gasteiger partial charge in [0.05, 0.1) is 0 Å². The van der Waals surface area contributed by atoms with Crippen molar-refractivity contribution in [3.63, 3.8) is 0 Å². The molecule has 2 amide bonds. The number of amides is 2. The molecule has 0 radical (unpaired) electrons. The fraction of sp³-hybridized carbons (Fsp3) is 0.818. The zero-order valence-electron chi connectivity index (χ0n) is 8.50. The van der Waals surface area contributed by atoms with E-state index in [9.17, 15) is 9.59 Å². The molecule has 0 N–H and O–H groups in total. The average molecular weight is 195 g/mol. The van der Waals surface area contributed by atoms with Crippen molar-refractivity contribution in [2.45, 2.75) is 44.9 Å². The van der Waals surface area contributed by atoms with E-state index in [1.165, 1.54) is 30.6 Å². The maximum atomic E-state index is 11.3. The van der Waals surface area contributed by atoms with Gasteiger partial charge in [0.25, 0.3) is 0 Å². The van der Waals surface area contributed by atoms with Gasteiger partial charge in [-0.2, -0.15) is 0 Å². The smallest absolute Gasteiger partial charge is 0.229 e. The van der Waals surface area contributed by atoms with E-state index in [2.05, 4.69) is 0 Å². The molecule has 1 heterocycles. The average Bonchev–Trinajstić information content (AvgIpc) is 2.76. The summed E-state index contributed by atoms with van der Waals surface area (Å²) < 4.78 is 0. The van der Waals surface area contributed by atoms with Gasteiger partial charge in [-0.1, -0.05) is 25.7 Å². The minimum Gasteiger partial charge on any atom is -0.283 e. The number of nitrogens with zero attached hydrogens (tertiary/aromatic N) is 1. The molecule has 3 nitrogen and oxygen atoms in total. The molecule has 0 aromatic rings. The van der Waals surface area contributed by atoms with Gasteiger partial charge >= 0.3 is 0 Å². The topological polar surface area (TPSA) is 37.4 Å². The molecule has 0 aromatic carbocycles. The number of hydrogen-bond donors (Lipinski definition) is 0. The fourth-order valence-corrected chi connectivity index (χ4v) is 2.48. The Morgan fingerprint density at radius 2 is 1.64 bits per heavy atom. The van der Waals surface area contributed by atoms with Crippen molar-refractivity contribution in [3.05, 3.63) is 0 Å². The molecule has 1 aliphatic carbocycles. The van der Waals surface area contributed by atoms with Crippen molar-refractivity contribution in [2.24, 2.45) is 5.92 Å². The molecular formula is C11H17NO2. The molecule has 3 heteroatoms. The van der Waals surface area contributed by atoms with Crippen LogP contribution in [-0.2, 0) is 9.59 Å². The second kappa shape index (κ2) is 4.11. The summed E-state index contributed by atoms with van der Waals surface area (Å²) in [7, 11) is 0. The number of likely N-dealkylation sites (tertiary alicyclic amines) is 1. The van der Waals surface area contributed by atoms with E-state index >= 15 is 0 Å². The quantitative estimate of drug-likeness (QED) is 0.643. The highest BCUT2D eigenvalue weighted by Gasteiger charge is 2.29. The van der Waals surface area contributed by atoms with E-state index < -0.39 is 0 Å². The molecule has 0 unspecified atom stereocenters. The van der Waals surface area contributed by atoms with Crippen LogP contribution >= 0.6 is 0 Å². The lowest BCUT2D eigenvalue weighted by atomic mass is 10.0. The van der Waals surface area contributed by atoms with Crippen LogP contribution in [-0.4, -0.2) is 23.3 Å². The zero-order chi connectivity index (χ0) is 9.97. The van der Waals surface area contributed by atoms with Crippen LogP contribution in [0.2, 0.25) is 0 Å². The summed E-state index contributed by atoms with van der Waals surface area (Å²) in [5.74, 6) is 0.831. The number of carbonyl (C=O) groups excluding carboxylic acids is 2. The van der Waals surface area contributed by atoms with E-state index in [-0.39, 0.29) is 11.8 Å². The largest absolute Gasteiger partial charge is 0.283 e. The minimum atomic E-state index is 0.0352. The maximum Gasteiger partial charge on any atom is 0.229 e. The van der Waals surface area contributed by atoms with Gasteiger partial charge in [0.1, 0.15) is 0 Å². The van der Waals surface area contributed by atoms with Gasteiger partial charge in [-0.15, -0.1) is 0 Å². The Hall–Kier alpha value is -0.860. The third-order valence-corrected chi connectivity index (χ3v) is 3.39. The normalized spacial score (nSPS) is 23.9. The van der Waals surface area contributed by atoms with Crippen LogP contribution in [0.5, 0.6) is 0 Å². The number of imide groups is 1. The Bertz CT molecular complexity index is 228. The molecule has 0 bridgehead atoms. The standard InChI is InChI=1S/C11H17NO2/c13-10-5-6-11(14)12(10)8-7-9-3-1-2-4-9/h9H,1-8H2. The summed E-state index contributed by atoms with van der Waals surface area (Å²) in [6.45, 7) is 0.669. The summed E-state index contributed by atoms with van der Waals surface area (Å²) in [4.78, 5) is 24.0. The Kier molecular flexibility index (Phi) is 2.85. The van der Waals surface area contributed by atoms with Gasteiger partial charge in [-0.25, -0.2) is 0 Å². The summed E-state index contributed by atoms with van der Waals surface area (Å²) in [6.07, 6.45) is 7.12. The van der Waals surface area contributed by atoms with Crippen molar-refractivity contribution in [3.8, 4) is 0 Å². The SMILES string of the molecule is O=C1CCC(=O)N1CCC1CCCC1. The van der Waals surface area contributed by atoms with E-state index in [0.29, 0.717) is 19.4 Å². The fourth-order valence-electron chi connectivity index (χ4n) is 2.48. The van der Waals surface area contributed by atoms with Crippen LogP contribution in [0.4, 0.5) is 0 Å². The molecule has 1 aliphatic heterocycles. The highest BCUT2D eigenvalue weighted by Crippen LogP contribution is 2.28. The molecule has 2 rings (SSSR count). The molecule has 2 fully saturated rings. The van der Waals surface area contributed by atoms with Gasteiger partial charge in [0.15, 0.2) is 0 Å². The monoisotopic (exact) mass is 195 g/mol. The lowest BCUT2D eigenvalue weighted by Gasteiger charge is -2.16. The third kappa shape index (κ3) is 1.97. The van der Waals surface area contributed by atoms with E-state index in [0.717, 1.165) is 12.3 Å². The highest BCUT2D eigenvalue weighted by molar-refractivity contribution is 6.01. The van der Waals surface area contributed by atoms with Crippen LogP contribution in [0, 0.1) is 5.92 Å². The zero-order valence-corrected chi connectivity index (χ0v) is 8.50. The van der Waals surface area contributed by atoms with Crippen molar-refractivity contribution < 1.29 is 9.59 Å². The number of hydrogen-bond acceptors (Lipinski definition) is 2. The Morgan fingerprint density at radius 3 is 2.21 bits per heavy atom. The lowest BCUT2D eigenvalue weighted by molar-refractivity contribution is -0.138. The molecule has 1 saturated heterocycles. The second-order valence-electron chi connectivity index (χ2n) is 4.38. The molecule has 14 heavy (non-hydrogen) atoms. The van der Waals surface area contributed by atoms with E-state index in [1.807, 2.05) is 0 Å². The number of rotatable bonds is 3. The van der Waals surface area contributed by atoms with Crippen LogP contribution in [0.15, 0.2) is 0 Å². The van der Waals surface area contributed by atoms with Crippen LogP contribution in [0.25, 0.3) is 0 Å². The summed E-state index contributed by atoms with van der Waals surface area (Å²) in [6, 6.07) is 0. The van der Waals surface area contributed by atoms with E-state index in [4.69, 9.17) is 0 Å². The maximum absolute atomic E-state index is 11.3. The van der Waals surface area contributed by atoms with Gasteiger partial charge in [-0.3, -0.25) is 14.5 Å². The predicted molar refractivity (Wildman–Crippen MR) is 52.5 cm³/mol. The molecule has 0 aromatic heterocycles. The van der Waals surface area contributed by atoms with Crippen molar-refractivity contribution >= 4 is 11.8 Å². The van der Waals surface area contributed by atoms with Crippen molar-refractivity contribution in [1.29, 1.82) is 0 Å². The molecule has 0 spiro atoms. The van der Waals surface area contributed by atoms with Crippen LogP contribution < -0.4 is 0 Å². The summed E-state index contributed by atoms with van der Waals surface area (Å²) in [5.41, 5.74) is 0. The van der Waals surface area contributed by atoms with Gasteiger partial charge in [0.2, 0.25) is 11.8 Å². The van der Waals surface area contributed by atoms with Crippen LogP contribution in [0.3, 0.4) is 0 Å². The van der Waals surface area contributed by atoms with Gasteiger partial charge < -0.3 is 0 Å². The Balaban J connectivity index is 1.78. The predicted octanol–water partition coefficient (Wildman–Crippen LogP) is 1.72. The lowest BCUT2D eigenvalue weighted by Crippen LogP contribution is -2.30. The second-order valence-corrected chi connectivity index (χ2v) is 4.38. The first-order valence-electron chi connectivity index (χ1n) is 5.60. The first-order chi connectivity index (χ1) is 6.77. The molecule has 78 valence electrons. The van der Waals surface area contributed by atoms with Crippen molar-refractivity contribution in [2.75, 3.05) is 6.54 Å². The highest BCUT2D eigenvalue weighted by atomic mass is 16.2. The molecule has 2 aliphatic rings. The minimum absolute atomic E-state index is 0.0352. The molecule has 1 saturated carbocycles. The Labute approximate surface area is 84.5 Å². The van der Waals surface area contributed by atoms with Gasteiger partial charge in [0, 0.05) is 19.4 Å². The molecular weight excluding hydrogens is 178 g/mol. The summed E-state index contributed by atoms with van der Waals surface area (Å²) >= 11 is 0.